The Balaban J connectivity index is 2.51. The van der Waals surface area contributed by atoms with E-state index in [1.54, 1.807) is 11.4 Å². The van der Waals surface area contributed by atoms with Crippen molar-refractivity contribution < 1.29 is 9.90 Å². The minimum atomic E-state index is -0.147. The van der Waals surface area contributed by atoms with E-state index in [4.69, 9.17) is 16.7 Å². The third-order valence-corrected chi connectivity index (χ3v) is 3.68. The highest BCUT2D eigenvalue weighted by atomic mass is 35.5. The number of halogens is 1. The third kappa shape index (κ3) is 3.77. The van der Waals surface area contributed by atoms with Gasteiger partial charge in [-0.3, -0.25) is 4.79 Å². The van der Waals surface area contributed by atoms with Gasteiger partial charge < -0.3 is 10.4 Å². The summed E-state index contributed by atoms with van der Waals surface area (Å²) in [4.78, 5) is 12.3. The number of carbonyl (C=O) groups is 1. The lowest BCUT2D eigenvalue weighted by atomic mass is 9.90. The zero-order valence-corrected chi connectivity index (χ0v) is 11.0. The molecule has 0 aliphatic rings. The van der Waals surface area contributed by atoms with E-state index in [0.717, 1.165) is 0 Å². The molecule has 90 valence electrons. The molecule has 5 heteroatoms. The van der Waals surface area contributed by atoms with Crippen LogP contribution in [0.4, 0.5) is 0 Å². The molecule has 2 N–H and O–H groups in total. The van der Waals surface area contributed by atoms with E-state index in [1.165, 1.54) is 11.3 Å². The summed E-state index contributed by atoms with van der Waals surface area (Å²) in [7, 11) is 0. The minimum absolute atomic E-state index is 0.103. The molecule has 0 spiro atoms. The molecule has 0 saturated heterocycles. The summed E-state index contributed by atoms with van der Waals surface area (Å²) in [5.41, 5.74) is -0.103. The van der Waals surface area contributed by atoms with E-state index in [9.17, 15) is 4.79 Å². The van der Waals surface area contributed by atoms with Crippen molar-refractivity contribution in [2.24, 2.45) is 5.41 Å². The Morgan fingerprint density at radius 2 is 2.31 bits per heavy atom. The van der Waals surface area contributed by atoms with Crippen LogP contribution in [0.25, 0.3) is 0 Å². The number of aliphatic hydroxyl groups excluding tert-OH is 1. The topological polar surface area (TPSA) is 49.3 Å². The van der Waals surface area contributed by atoms with Crippen LogP contribution in [0.5, 0.6) is 0 Å². The van der Waals surface area contributed by atoms with E-state index < -0.39 is 0 Å². The second-order valence-corrected chi connectivity index (χ2v) is 5.74. The number of rotatable bonds is 5. The Labute approximate surface area is 104 Å². The molecule has 1 aromatic heterocycles. The molecule has 0 radical (unpaired) electrons. The van der Waals surface area contributed by atoms with Crippen molar-refractivity contribution in [3.8, 4) is 0 Å². The van der Waals surface area contributed by atoms with Crippen LogP contribution in [0.2, 0.25) is 5.02 Å². The molecule has 0 saturated carbocycles. The molecule has 0 fully saturated rings. The Bertz CT molecular complexity index is 363. The predicted octanol–water partition coefficient (Wildman–Crippen LogP) is 2.54. The SMILES string of the molecule is CC(C)(CCO)CNC(=O)c1sccc1Cl. The standard InChI is InChI=1S/C11H16ClNO2S/c1-11(2,4-5-14)7-13-10(15)9-8(12)3-6-16-9/h3,6,14H,4-5,7H2,1-2H3,(H,13,15). The smallest absolute Gasteiger partial charge is 0.262 e. The number of thiophene rings is 1. The van der Waals surface area contributed by atoms with Gasteiger partial charge in [0.1, 0.15) is 4.88 Å². The number of nitrogens with one attached hydrogen (secondary N) is 1. The van der Waals surface area contributed by atoms with Gasteiger partial charge in [0.15, 0.2) is 0 Å². The highest BCUT2D eigenvalue weighted by molar-refractivity contribution is 7.12. The molecule has 1 amide bonds. The monoisotopic (exact) mass is 261 g/mol. The van der Waals surface area contributed by atoms with Crippen LogP contribution in [0, 0.1) is 5.41 Å². The molecule has 0 unspecified atom stereocenters. The van der Waals surface area contributed by atoms with E-state index >= 15 is 0 Å². The van der Waals surface area contributed by atoms with Gasteiger partial charge >= 0.3 is 0 Å². The third-order valence-electron chi connectivity index (χ3n) is 2.34. The molecule has 1 heterocycles. The highest BCUT2D eigenvalue weighted by Gasteiger charge is 2.19. The normalized spacial score (nSPS) is 11.5. The summed E-state index contributed by atoms with van der Waals surface area (Å²) in [6.07, 6.45) is 0.658. The van der Waals surface area contributed by atoms with Gasteiger partial charge in [-0.2, -0.15) is 0 Å². The van der Waals surface area contributed by atoms with Gasteiger partial charge in [0.2, 0.25) is 0 Å². The van der Waals surface area contributed by atoms with Crippen molar-refractivity contribution in [3.05, 3.63) is 21.3 Å². The Hall–Kier alpha value is -0.580. The highest BCUT2D eigenvalue weighted by Crippen LogP contribution is 2.23. The Kier molecular flexibility index (Phi) is 4.77. The number of hydrogen-bond donors (Lipinski definition) is 2. The minimum Gasteiger partial charge on any atom is -0.396 e. The number of aliphatic hydroxyl groups is 1. The second-order valence-electron chi connectivity index (χ2n) is 4.42. The molecule has 0 aromatic carbocycles. The zero-order chi connectivity index (χ0) is 12.2. The van der Waals surface area contributed by atoms with Crippen LogP contribution < -0.4 is 5.32 Å². The lowest BCUT2D eigenvalue weighted by Crippen LogP contribution is -2.34. The van der Waals surface area contributed by atoms with Gasteiger partial charge in [-0.15, -0.1) is 11.3 Å². The van der Waals surface area contributed by atoms with Crippen LogP contribution in [-0.2, 0) is 0 Å². The van der Waals surface area contributed by atoms with Crippen molar-refractivity contribution in [2.75, 3.05) is 13.2 Å². The first-order chi connectivity index (χ1) is 7.46. The first-order valence-electron chi connectivity index (χ1n) is 5.08. The summed E-state index contributed by atoms with van der Waals surface area (Å²) in [6.45, 7) is 4.66. The van der Waals surface area contributed by atoms with Crippen LogP contribution in [0.1, 0.15) is 29.9 Å². The van der Waals surface area contributed by atoms with E-state index in [2.05, 4.69) is 5.32 Å². The van der Waals surface area contributed by atoms with Gasteiger partial charge in [-0.05, 0) is 23.3 Å². The maximum Gasteiger partial charge on any atom is 0.262 e. The first-order valence-corrected chi connectivity index (χ1v) is 6.34. The quantitative estimate of drug-likeness (QED) is 0.856. The van der Waals surface area contributed by atoms with Crippen molar-refractivity contribution in [1.29, 1.82) is 0 Å². The Morgan fingerprint density at radius 1 is 1.62 bits per heavy atom. The molecule has 0 atom stereocenters. The molecule has 16 heavy (non-hydrogen) atoms. The molecule has 0 bridgehead atoms. The molecule has 3 nitrogen and oxygen atoms in total. The largest absolute Gasteiger partial charge is 0.396 e. The van der Waals surface area contributed by atoms with E-state index in [-0.39, 0.29) is 17.9 Å². The summed E-state index contributed by atoms with van der Waals surface area (Å²) >= 11 is 7.18. The molecule has 0 aliphatic heterocycles. The van der Waals surface area contributed by atoms with Gasteiger partial charge in [0.05, 0.1) is 5.02 Å². The predicted molar refractivity (Wildman–Crippen MR) is 67.1 cm³/mol. The summed E-state index contributed by atoms with van der Waals surface area (Å²) in [6, 6.07) is 1.71. The lowest BCUT2D eigenvalue weighted by molar-refractivity contribution is 0.0932. The number of carbonyl (C=O) groups excluding carboxylic acids is 1. The first kappa shape index (κ1) is 13.5. The van der Waals surface area contributed by atoms with Crippen LogP contribution in [-0.4, -0.2) is 24.2 Å². The fourth-order valence-electron chi connectivity index (χ4n) is 1.25. The summed E-state index contributed by atoms with van der Waals surface area (Å²) < 4.78 is 0. The maximum atomic E-state index is 11.7. The van der Waals surface area contributed by atoms with Gasteiger partial charge in [0, 0.05) is 13.2 Å². The number of hydrogen-bond acceptors (Lipinski definition) is 3. The van der Waals surface area contributed by atoms with Crippen LogP contribution in [0.15, 0.2) is 11.4 Å². The molecule has 0 aliphatic carbocycles. The molecular weight excluding hydrogens is 246 g/mol. The van der Waals surface area contributed by atoms with Crippen molar-refractivity contribution >= 4 is 28.8 Å². The average molecular weight is 262 g/mol. The maximum absolute atomic E-state index is 11.7. The van der Waals surface area contributed by atoms with Gasteiger partial charge in [-0.25, -0.2) is 0 Å². The fraction of sp³-hybridized carbons (Fsp3) is 0.545. The summed E-state index contributed by atoms with van der Waals surface area (Å²) in [5, 5.41) is 14.0. The second kappa shape index (κ2) is 5.66. The molecular formula is C11H16ClNO2S. The van der Waals surface area contributed by atoms with Crippen molar-refractivity contribution in [2.45, 2.75) is 20.3 Å². The summed E-state index contributed by atoms with van der Waals surface area (Å²) in [5.74, 6) is -0.147. The van der Waals surface area contributed by atoms with Gasteiger partial charge in [-0.1, -0.05) is 25.4 Å². The van der Waals surface area contributed by atoms with E-state index in [1.807, 2.05) is 13.8 Å². The molecule has 1 aromatic rings. The average Bonchev–Trinajstić information content (AvgIpc) is 2.61. The van der Waals surface area contributed by atoms with Crippen LogP contribution >= 0.6 is 22.9 Å². The van der Waals surface area contributed by atoms with Crippen LogP contribution in [0.3, 0.4) is 0 Å². The number of amides is 1. The van der Waals surface area contributed by atoms with Gasteiger partial charge in [0.25, 0.3) is 5.91 Å². The molecule has 1 rings (SSSR count). The van der Waals surface area contributed by atoms with Crippen molar-refractivity contribution in [3.63, 3.8) is 0 Å². The van der Waals surface area contributed by atoms with E-state index in [0.29, 0.717) is 22.9 Å². The Morgan fingerprint density at radius 3 is 2.81 bits per heavy atom. The fourth-order valence-corrected chi connectivity index (χ4v) is 2.30. The lowest BCUT2D eigenvalue weighted by Gasteiger charge is -2.23. The van der Waals surface area contributed by atoms with Crippen molar-refractivity contribution in [1.82, 2.24) is 5.32 Å². The zero-order valence-electron chi connectivity index (χ0n) is 9.42.